The van der Waals surface area contributed by atoms with Crippen LogP contribution in [-0.4, -0.2) is 33.5 Å². The van der Waals surface area contributed by atoms with Gasteiger partial charge in [-0.25, -0.2) is 4.79 Å². The fraction of sp³-hybridized carbons (Fsp3) is 0.261. The normalized spacial score (nSPS) is 10.6. The van der Waals surface area contributed by atoms with E-state index in [0.29, 0.717) is 6.42 Å². The van der Waals surface area contributed by atoms with Crippen LogP contribution in [0, 0.1) is 10.1 Å². The fourth-order valence-electron chi connectivity index (χ4n) is 3.53. The van der Waals surface area contributed by atoms with E-state index in [-0.39, 0.29) is 48.2 Å². The number of rotatable bonds is 9. The number of amides is 1. The van der Waals surface area contributed by atoms with Gasteiger partial charge in [-0.05, 0) is 31.0 Å². The first kappa shape index (κ1) is 24.2. The molecule has 0 radical (unpaired) electrons. The molecule has 2 aromatic carbocycles. The fourth-order valence-corrected chi connectivity index (χ4v) is 3.53. The molecule has 178 valence electrons. The van der Waals surface area contributed by atoms with E-state index in [1.807, 2.05) is 6.07 Å². The van der Waals surface area contributed by atoms with Gasteiger partial charge in [0.1, 0.15) is 5.82 Å². The van der Waals surface area contributed by atoms with E-state index in [0.717, 1.165) is 16.5 Å². The van der Waals surface area contributed by atoms with Crippen LogP contribution in [0.25, 0.3) is 0 Å². The summed E-state index contributed by atoms with van der Waals surface area (Å²) in [4.78, 5) is 52.9. The molecule has 0 saturated carbocycles. The van der Waals surface area contributed by atoms with E-state index < -0.39 is 22.1 Å². The molecule has 3 aromatic rings. The molecule has 3 rings (SSSR count). The zero-order valence-electron chi connectivity index (χ0n) is 18.8. The Balaban J connectivity index is 2.10. The topological polar surface area (TPSA) is 154 Å². The number of nitrogen functional groups attached to an aromatic ring is 1. The van der Waals surface area contributed by atoms with Crippen LogP contribution in [0.2, 0.25) is 0 Å². The van der Waals surface area contributed by atoms with E-state index in [1.54, 1.807) is 38.1 Å². The smallest absolute Gasteiger partial charge is 0.330 e. The number of hydrogen-bond donors (Lipinski definition) is 2. The molecule has 0 aliphatic heterocycles. The van der Waals surface area contributed by atoms with E-state index in [4.69, 9.17) is 10.5 Å². The maximum absolute atomic E-state index is 13.4. The lowest BCUT2D eigenvalue weighted by Crippen LogP contribution is -2.41. The molecule has 0 aliphatic rings. The number of nitrogens with zero attached hydrogens (tertiary/aromatic N) is 3. The maximum Gasteiger partial charge on any atom is 0.330 e. The van der Waals surface area contributed by atoms with Gasteiger partial charge in [-0.1, -0.05) is 37.3 Å². The molecule has 0 saturated heterocycles. The summed E-state index contributed by atoms with van der Waals surface area (Å²) >= 11 is 0. The average Bonchev–Trinajstić information content (AvgIpc) is 2.81. The van der Waals surface area contributed by atoms with Crippen LogP contribution in [0.1, 0.15) is 36.2 Å². The zero-order valence-corrected chi connectivity index (χ0v) is 18.8. The summed E-state index contributed by atoms with van der Waals surface area (Å²) < 4.78 is 6.44. The van der Waals surface area contributed by atoms with Crippen LogP contribution in [0.4, 0.5) is 17.2 Å². The first-order valence-electron chi connectivity index (χ1n) is 10.7. The minimum Gasteiger partial charge on any atom is -0.487 e. The minimum atomic E-state index is -0.825. The second-order valence-electron chi connectivity index (χ2n) is 7.39. The SMILES string of the molecule is CCCN(C(=O)c1ccc(OCC)c([N+](=O)[O-])c1)c1c(N)n(Cc2ccccc2)c(=O)[nH]c1=O. The molecule has 1 aromatic heterocycles. The van der Waals surface area contributed by atoms with Crippen molar-refractivity contribution in [2.45, 2.75) is 26.8 Å². The standard InChI is InChI=1S/C23H25N5O6/c1-3-12-26(22(30)16-10-11-18(34-4-2)17(13-16)28(32)33)19-20(24)27(23(31)25-21(19)29)14-15-8-6-5-7-9-15/h5-11,13H,3-4,12,14,24H2,1-2H3,(H,25,29,31). The molecule has 11 nitrogen and oxygen atoms in total. The number of benzene rings is 2. The van der Waals surface area contributed by atoms with E-state index in [1.165, 1.54) is 16.7 Å². The first-order chi connectivity index (χ1) is 16.3. The highest BCUT2D eigenvalue weighted by Gasteiger charge is 2.27. The Morgan fingerprint density at radius 2 is 1.88 bits per heavy atom. The van der Waals surface area contributed by atoms with Crippen LogP contribution < -0.4 is 26.6 Å². The molecule has 34 heavy (non-hydrogen) atoms. The van der Waals surface area contributed by atoms with Gasteiger partial charge in [0.15, 0.2) is 11.4 Å². The first-order valence-corrected chi connectivity index (χ1v) is 10.7. The van der Waals surface area contributed by atoms with Crippen molar-refractivity contribution in [1.29, 1.82) is 0 Å². The number of aromatic nitrogens is 2. The molecule has 3 N–H and O–H groups in total. The third-order valence-electron chi connectivity index (χ3n) is 5.06. The van der Waals surface area contributed by atoms with Crippen LogP contribution >= 0.6 is 0 Å². The van der Waals surface area contributed by atoms with Gasteiger partial charge in [-0.3, -0.25) is 29.3 Å². The van der Waals surface area contributed by atoms with E-state index >= 15 is 0 Å². The van der Waals surface area contributed by atoms with Gasteiger partial charge in [0.2, 0.25) is 0 Å². The Labute approximate surface area is 194 Å². The van der Waals surface area contributed by atoms with Crippen molar-refractivity contribution in [3.05, 3.63) is 90.6 Å². The summed E-state index contributed by atoms with van der Waals surface area (Å²) in [5, 5.41) is 11.5. The van der Waals surface area contributed by atoms with Gasteiger partial charge in [-0.15, -0.1) is 0 Å². The molecule has 0 aliphatic carbocycles. The van der Waals surface area contributed by atoms with Gasteiger partial charge < -0.3 is 15.4 Å². The highest BCUT2D eigenvalue weighted by Crippen LogP contribution is 2.29. The van der Waals surface area contributed by atoms with Crippen molar-refractivity contribution in [1.82, 2.24) is 9.55 Å². The molecule has 0 fully saturated rings. The Morgan fingerprint density at radius 3 is 2.50 bits per heavy atom. The molecule has 1 heterocycles. The Hall–Kier alpha value is -4.41. The lowest BCUT2D eigenvalue weighted by Gasteiger charge is -2.24. The maximum atomic E-state index is 13.4. The Morgan fingerprint density at radius 1 is 1.18 bits per heavy atom. The van der Waals surface area contributed by atoms with Crippen LogP contribution in [0.5, 0.6) is 5.75 Å². The predicted octanol–water partition coefficient (Wildman–Crippen LogP) is 2.53. The number of hydrogen-bond acceptors (Lipinski definition) is 7. The average molecular weight is 467 g/mol. The van der Waals surface area contributed by atoms with Gasteiger partial charge >= 0.3 is 11.4 Å². The number of nitrogens with two attached hydrogens (primary N) is 1. The number of nitrogens with one attached hydrogen (secondary N) is 1. The number of carbonyl (C=O) groups excluding carboxylic acids is 1. The van der Waals surface area contributed by atoms with Crippen molar-refractivity contribution in [2.24, 2.45) is 0 Å². The Kier molecular flexibility index (Phi) is 7.46. The van der Waals surface area contributed by atoms with Crippen molar-refractivity contribution >= 4 is 23.1 Å². The third-order valence-corrected chi connectivity index (χ3v) is 5.06. The van der Waals surface area contributed by atoms with Crippen molar-refractivity contribution in [2.75, 3.05) is 23.8 Å². The van der Waals surface area contributed by atoms with Gasteiger partial charge in [0, 0.05) is 18.2 Å². The molecule has 0 atom stereocenters. The van der Waals surface area contributed by atoms with E-state index in [9.17, 15) is 24.5 Å². The largest absolute Gasteiger partial charge is 0.487 e. The molecule has 0 spiro atoms. The monoisotopic (exact) mass is 467 g/mol. The molecular formula is C23H25N5O6. The second-order valence-corrected chi connectivity index (χ2v) is 7.39. The summed E-state index contributed by atoms with van der Waals surface area (Å²) in [5.41, 5.74) is 4.88. The molecule has 11 heteroatoms. The third kappa shape index (κ3) is 4.98. The van der Waals surface area contributed by atoms with Crippen LogP contribution in [0.15, 0.2) is 58.1 Å². The predicted molar refractivity (Wildman–Crippen MR) is 128 cm³/mol. The molecule has 0 bridgehead atoms. The number of carbonyl (C=O) groups is 1. The molecular weight excluding hydrogens is 442 g/mol. The van der Waals surface area contributed by atoms with Crippen molar-refractivity contribution in [3.63, 3.8) is 0 Å². The van der Waals surface area contributed by atoms with Gasteiger partial charge in [0.25, 0.3) is 11.5 Å². The highest BCUT2D eigenvalue weighted by atomic mass is 16.6. The quantitative estimate of drug-likeness (QED) is 0.362. The summed E-state index contributed by atoms with van der Waals surface area (Å²) in [7, 11) is 0. The number of H-pyrrole nitrogens is 1. The second kappa shape index (κ2) is 10.5. The molecule has 1 amide bonds. The van der Waals surface area contributed by atoms with Gasteiger partial charge in [0.05, 0.1) is 18.1 Å². The highest BCUT2D eigenvalue weighted by molar-refractivity contribution is 6.07. The van der Waals surface area contributed by atoms with Gasteiger partial charge in [-0.2, -0.15) is 0 Å². The number of nitro groups is 1. The summed E-state index contributed by atoms with van der Waals surface area (Å²) in [6, 6.07) is 12.8. The summed E-state index contributed by atoms with van der Waals surface area (Å²) in [6.45, 7) is 3.87. The minimum absolute atomic E-state index is 0.0248. The summed E-state index contributed by atoms with van der Waals surface area (Å²) in [6.07, 6.45) is 0.460. The lowest BCUT2D eigenvalue weighted by molar-refractivity contribution is -0.385. The van der Waals surface area contributed by atoms with E-state index in [2.05, 4.69) is 4.98 Å². The Bertz CT molecular complexity index is 1320. The number of nitro benzene ring substituents is 1. The number of ether oxygens (including phenoxy) is 1. The number of aromatic amines is 1. The van der Waals surface area contributed by atoms with Crippen LogP contribution in [-0.2, 0) is 6.54 Å². The number of anilines is 2. The summed E-state index contributed by atoms with van der Waals surface area (Å²) in [5.74, 6) is -0.824. The lowest BCUT2D eigenvalue weighted by atomic mass is 10.1. The molecule has 0 unspecified atom stereocenters. The zero-order chi connectivity index (χ0) is 24.8. The van der Waals surface area contributed by atoms with Crippen LogP contribution in [0.3, 0.4) is 0 Å². The van der Waals surface area contributed by atoms with Crippen molar-refractivity contribution in [3.8, 4) is 5.75 Å². The van der Waals surface area contributed by atoms with Crippen molar-refractivity contribution < 1.29 is 14.5 Å².